The maximum atomic E-state index is 5.44. The fourth-order valence-electron chi connectivity index (χ4n) is 3.00. The SMILES string of the molecule is CCc1ccc([C@@H](NCc2nc(-c3ccccc3)no2)c2cccs2)cc1. The third kappa shape index (κ3) is 4.15. The molecule has 136 valence electrons. The Morgan fingerprint density at radius 2 is 1.81 bits per heavy atom. The summed E-state index contributed by atoms with van der Waals surface area (Å²) in [5.74, 6) is 1.20. The van der Waals surface area contributed by atoms with E-state index in [9.17, 15) is 0 Å². The van der Waals surface area contributed by atoms with Gasteiger partial charge in [-0.25, -0.2) is 0 Å². The highest BCUT2D eigenvalue weighted by atomic mass is 32.1. The van der Waals surface area contributed by atoms with Crippen molar-refractivity contribution in [2.45, 2.75) is 25.9 Å². The zero-order chi connectivity index (χ0) is 18.5. The largest absolute Gasteiger partial charge is 0.338 e. The number of aromatic nitrogens is 2. The van der Waals surface area contributed by atoms with E-state index in [2.05, 4.69) is 64.2 Å². The quantitative estimate of drug-likeness (QED) is 0.480. The van der Waals surface area contributed by atoms with Gasteiger partial charge in [-0.3, -0.25) is 5.32 Å². The summed E-state index contributed by atoms with van der Waals surface area (Å²) in [6.45, 7) is 2.68. The average Bonchev–Trinajstić information content (AvgIpc) is 3.42. The molecule has 0 unspecified atom stereocenters. The first-order valence-electron chi connectivity index (χ1n) is 9.07. The van der Waals surface area contributed by atoms with Gasteiger partial charge in [0.25, 0.3) is 0 Å². The molecule has 0 saturated carbocycles. The van der Waals surface area contributed by atoms with Gasteiger partial charge in [-0.2, -0.15) is 4.98 Å². The van der Waals surface area contributed by atoms with Crippen molar-refractivity contribution in [3.8, 4) is 11.4 Å². The van der Waals surface area contributed by atoms with Gasteiger partial charge in [-0.05, 0) is 29.0 Å². The molecule has 0 aliphatic carbocycles. The molecule has 0 spiro atoms. The Labute approximate surface area is 162 Å². The summed E-state index contributed by atoms with van der Waals surface area (Å²) in [6, 6.07) is 23.0. The number of hydrogen-bond donors (Lipinski definition) is 1. The molecule has 4 nitrogen and oxygen atoms in total. The molecule has 0 saturated heterocycles. The summed E-state index contributed by atoms with van der Waals surface area (Å²) in [5, 5.41) is 9.77. The number of nitrogens with one attached hydrogen (secondary N) is 1. The minimum absolute atomic E-state index is 0.1000. The van der Waals surface area contributed by atoms with Crippen molar-refractivity contribution in [1.29, 1.82) is 0 Å². The predicted octanol–water partition coefficient (Wildman–Crippen LogP) is 5.24. The molecule has 2 heterocycles. The monoisotopic (exact) mass is 375 g/mol. The molecule has 0 aliphatic rings. The first kappa shape index (κ1) is 17.6. The second kappa shape index (κ2) is 8.29. The Bertz CT molecular complexity index is 962. The van der Waals surface area contributed by atoms with Crippen molar-refractivity contribution in [1.82, 2.24) is 15.5 Å². The van der Waals surface area contributed by atoms with Gasteiger partial charge < -0.3 is 4.52 Å². The van der Waals surface area contributed by atoms with E-state index in [-0.39, 0.29) is 6.04 Å². The van der Waals surface area contributed by atoms with Crippen LogP contribution in [0.1, 0.15) is 34.9 Å². The van der Waals surface area contributed by atoms with Crippen LogP contribution in [0.25, 0.3) is 11.4 Å². The third-order valence-corrected chi connectivity index (χ3v) is 5.44. The highest BCUT2D eigenvalue weighted by Crippen LogP contribution is 2.27. The van der Waals surface area contributed by atoms with Crippen LogP contribution in [0.2, 0.25) is 0 Å². The maximum Gasteiger partial charge on any atom is 0.240 e. The molecular weight excluding hydrogens is 354 g/mol. The molecule has 0 bridgehead atoms. The Hall–Kier alpha value is -2.76. The average molecular weight is 375 g/mol. The van der Waals surface area contributed by atoms with Gasteiger partial charge >= 0.3 is 0 Å². The molecule has 0 fully saturated rings. The van der Waals surface area contributed by atoms with Crippen LogP contribution in [0.5, 0.6) is 0 Å². The number of thiophene rings is 1. The number of rotatable bonds is 7. The van der Waals surface area contributed by atoms with Crippen molar-refractivity contribution in [2.75, 3.05) is 0 Å². The summed E-state index contributed by atoms with van der Waals surface area (Å²) in [7, 11) is 0. The molecule has 27 heavy (non-hydrogen) atoms. The minimum Gasteiger partial charge on any atom is -0.338 e. The first-order valence-corrected chi connectivity index (χ1v) is 9.95. The summed E-state index contributed by atoms with van der Waals surface area (Å²) >= 11 is 1.74. The van der Waals surface area contributed by atoms with E-state index in [4.69, 9.17) is 4.52 Å². The van der Waals surface area contributed by atoms with E-state index < -0.39 is 0 Å². The summed E-state index contributed by atoms with van der Waals surface area (Å²) in [5.41, 5.74) is 3.53. The van der Waals surface area contributed by atoms with E-state index in [1.807, 2.05) is 30.3 Å². The Morgan fingerprint density at radius 1 is 1.00 bits per heavy atom. The van der Waals surface area contributed by atoms with Gasteiger partial charge in [-0.15, -0.1) is 11.3 Å². The molecule has 1 atom stereocenters. The van der Waals surface area contributed by atoms with Gasteiger partial charge in [0.1, 0.15) is 0 Å². The fourth-order valence-corrected chi connectivity index (χ4v) is 3.83. The van der Waals surface area contributed by atoms with Crippen LogP contribution in [0.15, 0.2) is 76.6 Å². The van der Waals surface area contributed by atoms with Crippen LogP contribution in [-0.4, -0.2) is 10.1 Å². The van der Waals surface area contributed by atoms with Gasteiger partial charge in [0.15, 0.2) is 0 Å². The smallest absolute Gasteiger partial charge is 0.240 e. The van der Waals surface area contributed by atoms with Gasteiger partial charge in [0.2, 0.25) is 11.7 Å². The third-order valence-electron chi connectivity index (χ3n) is 4.51. The standard InChI is InChI=1S/C22H21N3OS/c1-2-16-10-12-17(13-11-16)21(19-9-6-14-27-19)23-15-20-24-22(25-26-20)18-7-4-3-5-8-18/h3-14,21,23H,2,15H2,1H3/t21-/m1/s1. The number of aryl methyl sites for hydroxylation is 1. The second-order valence-corrected chi connectivity index (χ2v) is 7.28. The minimum atomic E-state index is 0.1000. The molecule has 2 aromatic carbocycles. The lowest BCUT2D eigenvalue weighted by molar-refractivity contribution is 0.363. The van der Waals surface area contributed by atoms with Crippen molar-refractivity contribution in [3.63, 3.8) is 0 Å². The Kier molecular flexibility index (Phi) is 5.42. The predicted molar refractivity (Wildman–Crippen MR) is 109 cm³/mol. The van der Waals surface area contributed by atoms with E-state index in [1.54, 1.807) is 11.3 Å². The Balaban J connectivity index is 1.52. The molecule has 4 rings (SSSR count). The van der Waals surface area contributed by atoms with Crippen molar-refractivity contribution < 1.29 is 4.52 Å². The lowest BCUT2D eigenvalue weighted by atomic mass is 10.0. The molecule has 1 N–H and O–H groups in total. The zero-order valence-corrected chi connectivity index (χ0v) is 15.9. The Morgan fingerprint density at radius 3 is 2.52 bits per heavy atom. The lowest BCUT2D eigenvalue weighted by Crippen LogP contribution is -2.21. The molecule has 5 heteroatoms. The number of benzene rings is 2. The zero-order valence-electron chi connectivity index (χ0n) is 15.1. The van der Waals surface area contributed by atoms with Gasteiger partial charge in [0.05, 0.1) is 12.6 Å². The molecular formula is C22H21N3OS. The van der Waals surface area contributed by atoms with Gasteiger partial charge in [-0.1, -0.05) is 72.7 Å². The van der Waals surface area contributed by atoms with E-state index >= 15 is 0 Å². The number of nitrogens with zero attached hydrogens (tertiary/aromatic N) is 2. The highest BCUT2D eigenvalue weighted by Gasteiger charge is 2.17. The van der Waals surface area contributed by atoms with Crippen molar-refractivity contribution >= 4 is 11.3 Å². The maximum absolute atomic E-state index is 5.44. The lowest BCUT2D eigenvalue weighted by Gasteiger charge is -2.17. The van der Waals surface area contributed by atoms with Crippen LogP contribution in [0.3, 0.4) is 0 Å². The molecule has 0 amide bonds. The van der Waals surface area contributed by atoms with Crippen LogP contribution >= 0.6 is 11.3 Å². The topological polar surface area (TPSA) is 51.0 Å². The summed E-state index contributed by atoms with van der Waals surface area (Å²) in [6.07, 6.45) is 1.04. The van der Waals surface area contributed by atoms with E-state index in [0.717, 1.165) is 12.0 Å². The molecule has 0 radical (unpaired) electrons. The van der Waals surface area contributed by atoms with Crippen LogP contribution in [0.4, 0.5) is 0 Å². The molecule has 2 aromatic heterocycles. The van der Waals surface area contributed by atoms with Crippen molar-refractivity contribution in [2.24, 2.45) is 0 Å². The van der Waals surface area contributed by atoms with Crippen LogP contribution in [0, 0.1) is 0 Å². The number of hydrogen-bond acceptors (Lipinski definition) is 5. The second-order valence-electron chi connectivity index (χ2n) is 6.30. The van der Waals surface area contributed by atoms with Crippen LogP contribution < -0.4 is 5.32 Å². The van der Waals surface area contributed by atoms with Gasteiger partial charge in [0, 0.05) is 10.4 Å². The highest BCUT2D eigenvalue weighted by molar-refractivity contribution is 7.10. The summed E-state index contributed by atoms with van der Waals surface area (Å²) in [4.78, 5) is 5.78. The normalized spacial score (nSPS) is 12.2. The molecule has 0 aliphatic heterocycles. The fraction of sp³-hybridized carbons (Fsp3) is 0.182. The molecule has 4 aromatic rings. The van der Waals surface area contributed by atoms with Crippen molar-refractivity contribution in [3.05, 3.63) is 94.0 Å². The first-order chi connectivity index (χ1) is 13.3. The van der Waals surface area contributed by atoms with E-state index in [1.165, 1.54) is 16.0 Å². The van der Waals surface area contributed by atoms with E-state index in [0.29, 0.717) is 18.3 Å². The summed E-state index contributed by atoms with van der Waals surface area (Å²) < 4.78 is 5.44. The van der Waals surface area contributed by atoms with Crippen LogP contribution in [-0.2, 0) is 13.0 Å².